The highest BCUT2D eigenvalue weighted by molar-refractivity contribution is 5.97. The van der Waals surface area contributed by atoms with Crippen LogP contribution in [0.1, 0.15) is 34.3 Å². The van der Waals surface area contributed by atoms with Crippen LogP contribution in [0.15, 0.2) is 97.6 Å². The van der Waals surface area contributed by atoms with Crippen LogP contribution in [0.5, 0.6) is 0 Å². The van der Waals surface area contributed by atoms with E-state index < -0.39 is 0 Å². The minimum Gasteiger partial charge on any atom is -0.339 e. The number of pyridine rings is 1. The van der Waals surface area contributed by atoms with Gasteiger partial charge in [0.1, 0.15) is 0 Å². The Hall–Kier alpha value is -3.77. The molecule has 4 aromatic rings. The number of hydrogen-bond donors (Lipinski definition) is 0. The minimum absolute atomic E-state index is 0.0860. The second-order valence-electron chi connectivity index (χ2n) is 9.63. The number of hydrogen-bond acceptors (Lipinski definition) is 4. The van der Waals surface area contributed by atoms with Crippen LogP contribution in [0.3, 0.4) is 0 Å². The maximum absolute atomic E-state index is 13.5. The van der Waals surface area contributed by atoms with E-state index in [0.29, 0.717) is 17.5 Å². The number of carbonyl (C=O) groups is 1. The van der Waals surface area contributed by atoms with Gasteiger partial charge in [0.25, 0.3) is 5.91 Å². The first-order valence-electron chi connectivity index (χ1n) is 12.7. The van der Waals surface area contributed by atoms with Crippen LogP contribution in [0.2, 0.25) is 0 Å². The van der Waals surface area contributed by atoms with Crippen molar-refractivity contribution in [3.05, 3.63) is 114 Å². The number of aromatic nitrogens is 3. The van der Waals surface area contributed by atoms with E-state index in [-0.39, 0.29) is 5.91 Å². The molecule has 6 heteroatoms. The van der Waals surface area contributed by atoms with E-state index in [4.69, 9.17) is 0 Å². The van der Waals surface area contributed by atoms with Crippen molar-refractivity contribution in [2.24, 2.45) is 5.92 Å². The Morgan fingerprint density at radius 1 is 0.944 bits per heavy atom. The van der Waals surface area contributed by atoms with Crippen LogP contribution in [-0.2, 0) is 13.0 Å². The second kappa shape index (κ2) is 11.3. The molecule has 1 atom stereocenters. The molecule has 0 saturated carbocycles. The van der Waals surface area contributed by atoms with Crippen molar-refractivity contribution in [2.45, 2.75) is 31.8 Å². The third kappa shape index (κ3) is 5.55. The van der Waals surface area contributed by atoms with Crippen molar-refractivity contribution in [1.82, 2.24) is 24.6 Å². The molecule has 1 amide bonds. The molecule has 0 spiro atoms. The zero-order chi connectivity index (χ0) is 24.7. The van der Waals surface area contributed by atoms with Crippen LogP contribution in [-0.4, -0.2) is 56.7 Å². The summed E-state index contributed by atoms with van der Waals surface area (Å²) < 4.78 is 1.77. The van der Waals surface area contributed by atoms with Crippen LogP contribution in [0.4, 0.5) is 0 Å². The van der Waals surface area contributed by atoms with Gasteiger partial charge in [0.15, 0.2) is 0 Å². The van der Waals surface area contributed by atoms with Crippen molar-refractivity contribution in [3.63, 3.8) is 0 Å². The molecular formula is C30H33N5O. The summed E-state index contributed by atoms with van der Waals surface area (Å²) in [7, 11) is 2.22. The molecule has 0 bridgehead atoms. The zero-order valence-electron chi connectivity index (χ0n) is 20.8. The number of carbonyl (C=O) groups excluding carboxylic acids is 1. The Morgan fingerprint density at radius 2 is 1.69 bits per heavy atom. The predicted octanol–water partition coefficient (Wildman–Crippen LogP) is 4.86. The standard InChI is InChI=1S/C30H33N5O/c1-33(23-25-11-7-16-31-22-25)29(21-24-9-3-2-4-10-24)26-14-19-34(20-15-26)30(36)27-12-5-6-13-28(27)35-18-8-17-32-35/h2-13,16-18,22,26,29H,14-15,19-21,23H2,1H3/t29-/m1/s1. The molecule has 1 aliphatic rings. The number of nitrogens with zero attached hydrogens (tertiary/aromatic N) is 5. The summed E-state index contributed by atoms with van der Waals surface area (Å²) in [5, 5.41) is 4.34. The molecule has 0 radical (unpaired) electrons. The predicted molar refractivity (Wildman–Crippen MR) is 142 cm³/mol. The molecule has 0 N–H and O–H groups in total. The maximum Gasteiger partial charge on any atom is 0.256 e. The number of likely N-dealkylation sites (N-methyl/N-ethyl adjacent to an activating group) is 1. The third-order valence-corrected chi connectivity index (χ3v) is 7.27. The Morgan fingerprint density at radius 3 is 2.42 bits per heavy atom. The lowest BCUT2D eigenvalue weighted by molar-refractivity contribution is 0.0602. The minimum atomic E-state index is 0.0860. The van der Waals surface area contributed by atoms with Gasteiger partial charge in [0, 0.05) is 50.5 Å². The van der Waals surface area contributed by atoms with Crippen LogP contribution in [0.25, 0.3) is 5.69 Å². The molecule has 6 nitrogen and oxygen atoms in total. The molecule has 184 valence electrons. The Kier molecular flexibility index (Phi) is 7.52. The average Bonchev–Trinajstić information content (AvgIpc) is 3.48. The Bertz CT molecular complexity index is 1230. The first-order valence-corrected chi connectivity index (χ1v) is 12.7. The van der Waals surface area contributed by atoms with Gasteiger partial charge in [0.2, 0.25) is 0 Å². The number of likely N-dealkylation sites (tertiary alicyclic amines) is 1. The van der Waals surface area contributed by atoms with Crippen LogP contribution >= 0.6 is 0 Å². The van der Waals surface area contributed by atoms with E-state index in [1.54, 1.807) is 10.9 Å². The molecule has 36 heavy (non-hydrogen) atoms. The lowest BCUT2D eigenvalue weighted by atomic mass is 9.84. The first-order chi connectivity index (χ1) is 17.7. The molecule has 3 heterocycles. The van der Waals surface area contributed by atoms with Gasteiger partial charge in [-0.2, -0.15) is 5.10 Å². The summed E-state index contributed by atoms with van der Waals surface area (Å²) >= 11 is 0. The highest BCUT2D eigenvalue weighted by atomic mass is 16.2. The van der Waals surface area contributed by atoms with E-state index >= 15 is 0 Å². The van der Waals surface area contributed by atoms with E-state index in [2.05, 4.69) is 58.4 Å². The monoisotopic (exact) mass is 479 g/mol. The van der Waals surface area contributed by atoms with Gasteiger partial charge in [-0.25, -0.2) is 4.68 Å². The van der Waals surface area contributed by atoms with Gasteiger partial charge in [0.05, 0.1) is 11.3 Å². The lowest BCUT2D eigenvalue weighted by Gasteiger charge is -2.40. The molecular weight excluding hydrogens is 446 g/mol. The zero-order valence-corrected chi connectivity index (χ0v) is 20.8. The Balaban J connectivity index is 1.29. The number of piperidine rings is 1. The summed E-state index contributed by atoms with van der Waals surface area (Å²) in [6, 6.07) is 24.9. The quantitative estimate of drug-likeness (QED) is 0.362. The van der Waals surface area contributed by atoms with Gasteiger partial charge in [-0.3, -0.25) is 14.7 Å². The van der Waals surface area contributed by atoms with Gasteiger partial charge in [-0.05, 0) is 67.6 Å². The molecule has 1 aliphatic heterocycles. The Labute approximate surface area is 213 Å². The maximum atomic E-state index is 13.5. The van der Waals surface area contributed by atoms with Crippen molar-refractivity contribution in [1.29, 1.82) is 0 Å². The fourth-order valence-electron chi connectivity index (χ4n) is 5.36. The molecule has 1 saturated heterocycles. The summed E-state index contributed by atoms with van der Waals surface area (Å²) in [5.74, 6) is 0.597. The van der Waals surface area contributed by atoms with Crippen molar-refractivity contribution < 1.29 is 4.79 Å². The highest BCUT2D eigenvalue weighted by Crippen LogP contribution is 2.28. The smallest absolute Gasteiger partial charge is 0.256 e. The molecule has 1 fully saturated rings. The topological polar surface area (TPSA) is 54.3 Å². The summed E-state index contributed by atoms with van der Waals surface area (Å²) in [6.07, 6.45) is 10.4. The fourth-order valence-corrected chi connectivity index (χ4v) is 5.36. The summed E-state index contributed by atoms with van der Waals surface area (Å²) in [5.41, 5.74) is 4.11. The van der Waals surface area contributed by atoms with Crippen molar-refractivity contribution in [2.75, 3.05) is 20.1 Å². The summed E-state index contributed by atoms with van der Waals surface area (Å²) in [4.78, 5) is 22.3. The largest absolute Gasteiger partial charge is 0.339 e. The van der Waals surface area contributed by atoms with Crippen LogP contribution < -0.4 is 0 Å². The van der Waals surface area contributed by atoms with E-state index in [1.807, 2.05) is 59.9 Å². The number of benzene rings is 2. The van der Waals surface area contributed by atoms with E-state index in [1.165, 1.54) is 11.1 Å². The lowest BCUT2D eigenvalue weighted by Crippen LogP contribution is -2.46. The van der Waals surface area contributed by atoms with Crippen molar-refractivity contribution >= 4 is 5.91 Å². The number of amides is 1. The third-order valence-electron chi connectivity index (χ3n) is 7.27. The van der Waals surface area contributed by atoms with Gasteiger partial charge in [-0.1, -0.05) is 48.5 Å². The van der Waals surface area contributed by atoms with E-state index in [9.17, 15) is 4.79 Å². The molecule has 0 unspecified atom stereocenters. The average molecular weight is 480 g/mol. The van der Waals surface area contributed by atoms with Gasteiger partial charge < -0.3 is 4.90 Å². The normalized spacial score (nSPS) is 15.2. The highest BCUT2D eigenvalue weighted by Gasteiger charge is 2.32. The van der Waals surface area contributed by atoms with E-state index in [0.717, 1.165) is 44.6 Å². The number of rotatable bonds is 8. The summed E-state index contributed by atoms with van der Waals surface area (Å²) in [6.45, 7) is 2.40. The second-order valence-corrected chi connectivity index (χ2v) is 9.63. The molecule has 2 aromatic heterocycles. The molecule has 5 rings (SSSR count). The molecule has 0 aliphatic carbocycles. The SMILES string of the molecule is CN(Cc1cccnc1)[C@H](Cc1ccccc1)C1CCN(C(=O)c2ccccc2-n2cccn2)CC1. The van der Waals surface area contributed by atoms with Gasteiger partial charge >= 0.3 is 0 Å². The molecule has 2 aromatic carbocycles. The first kappa shape index (κ1) is 23.9. The van der Waals surface area contributed by atoms with Crippen LogP contribution in [0, 0.1) is 5.92 Å². The van der Waals surface area contributed by atoms with Crippen molar-refractivity contribution in [3.8, 4) is 5.69 Å². The number of para-hydroxylation sites is 1. The van der Waals surface area contributed by atoms with Gasteiger partial charge in [-0.15, -0.1) is 0 Å². The fraction of sp³-hybridized carbons (Fsp3) is 0.300.